The minimum atomic E-state index is -0.359. The van der Waals surface area contributed by atoms with Crippen molar-refractivity contribution in [2.24, 2.45) is 4.99 Å². The van der Waals surface area contributed by atoms with E-state index in [0.29, 0.717) is 27.5 Å². The van der Waals surface area contributed by atoms with Gasteiger partial charge < -0.3 is 9.30 Å². The van der Waals surface area contributed by atoms with E-state index in [1.807, 2.05) is 0 Å². The Bertz CT molecular complexity index is 974. The summed E-state index contributed by atoms with van der Waals surface area (Å²) in [6, 6.07) is 7.85. The van der Waals surface area contributed by atoms with Crippen molar-refractivity contribution in [1.82, 2.24) is 4.57 Å². The van der Waals surface area contributed by atoms with Crippen LogP contribution < -0.4 is 4.80 Å². The standard InChI is InChI=1S/C17H15FN2O3S2/c1-2-23-15(21)7-8-20-12-6-5-11(18)10-14(12)25-17(20)19-16(22)13-4-3-9-24-13/h3-6,9-10H,2,7-8H2,1H3. The minimum absolute atomic E-state index is 0.150. The van der Waals surface area contributed by atoms with Gasteiger partial charge in [0.25, 0.3) is 5.91 Å². The van der Waals surface area contributed by atoms with Crippen LogP contribution in [0.15, 0.2) is 40.7 Å². The molecule has 0 aliphatic heterocycles. The van der Waals surface area contributed by atoms with Crippen LogP contribution in [0, 0.1) is 5.82 Å². The molecule has 0 aliphatic carbocycles. The smallest absolute Gasteiger partial charge is 0.307 e. The van der Waals surface area contributed by atoms with Crippen molar-refractivity contribution in [2.45, 2.75) is 19.9 Å². The lowest BCUT2D eigenvalue weighted by Crippen LogP contribution is -2.19. The van der Waals surface area contributed by atoms with Gasteiger partial charge in [0.2, 0.25) is 0 Å². The zero-order valence-corrected chi connectivity index (χ0v) is 15.0. The van der Waals surface area contributed by atoms with E-state index in [-0.39, 0.29) is 24.1 Å². The van der Waals surface area contributed by atoms with Crippen LogP contribution in [0.4, 0.5) is 4.39 Å². The van der Waals surface area contributed by atoms with Crippen molar-refractivity contribution in [2.75, 3.05) is 6.61 Å². The fourth-order valence-corrected chi connectivity index (χ4v) is 4.01. The summed E-state index contributed by atoms with van der Waals surface area (Å²) in [4.78, 5) is 29.1. The third-order valence-corrected chi connectivity index (χ3v) is 5.32. The number of aromatic nitrogens is 1. The number of carbonyl (C=O) groups excluding carboxylic acids is 2. The van der Waals surface area contributed by atoms with Crippen LogP contribution >= 0.6 is 22.7 Å². The Hall–Kier alpha value is -2.32. The first-order chi connectivity index (χ1) is 12.1. The fourth-order valence-electron chi connectivity index (χ4n) is 2.33. The lowest BCUT2D eigenvalue weighted by molar-refractivity contribution is -0.143. The monoisotopic (exact) mass is 378 g/mol. The number of benzene rings is 1. The first-order valence-electron chi connectivity index (χ1n) is 7.65. The highest BCUT2D eigenvalue weighted by molar-refractivity contribution is 7.16. The van der Waals surface area contributed by atoms with Gasteiger partial charge in [0.15, 0.2) is 4.80 Å². The van der Waals surface area contributed by atoms with E-state index >= 15 is 0 Å². The van der Waals surface area contributed by atoms with Gasteiger partial charge in [-0.25, -0.2) is 4.39 Å². The minimum Gasteiger partial charge on any atom is -0.466 e. The topological polar surface area (TPSA) is 60.7 Å². The van der Waals surface area contributed by atoms with Crippen LogP contribution in [-0.4, -0.2) is 23.1 Å². The normalized spacial score (nSPS) is 11.8. The third-order valence-electron chi connectivity index (χ3n) is 3.42. The Morgan fingerprint density at radius 1 is 1.32 bits per heavy atom. The van der Waals surface area contributed by atoms with E-state index in [1.54, 1.807) is 35.1 Å². The van der Waals surface area contributed by atoms with E-state index in [4.69, 9.17) is 4.74 Å². The SMILES string of the molecule is CCOC(=O)CCn1c(=NC(=O)c2cccs2)sc2cc(F)ccc21. The average Bonchev–Trinajstić information content (AvgIpc) is 3.20. The number of nitrogens with zero attached hydrogens (tertiary/aromatic N) is 2. The maximum absolute atomic E-state index is 13.5. The molecule has 25 heavy (non-hydrogen) atoms. The Balaban J connectivity index is 2.02. The van der Waals surface area contributed by atoms with Gasteiger partial charge in [-0.3, -0.25) is 9.59 Å². The van der Waals surface area contributed by atoms with Crippen LogP contribution in [0.1, 0.15) is 23.0 Å². The van der Waals surface area contributed by atoms with E-state index in [0.717, 1.165) is 5.52 Å². The number of ether oxygens (including phenoxy) is 1. The van der Waals surface area contributed by atoms with Gasteiger partial charge in [-0.05, 0) is 36.6 Å². The van der Waals surface area contributed by atoms with Gasteiger partial charge >= 0.3 is 5.97 Å². The second kappa shape index (κ2) is 7.71. The third kappa shape index (κ3) is 4.02. The van der Waals surface area contributed by atoms with Crippen LogP contribution in [0.5, 0.6) is 0 Å². The Labute approximate surface area is 151 Å². The second-order valence-corrected chi connectivity index (χ2v) is 7.05. The van der Waals surface area contributed by atoms with Crippen molar-refractivity contribution in [3.8, 4) is 0 Å². The Kier molecular flexibility index (Phi) is 5.40. The first-order valence-corrected chi connectivity index (χ1v) is 9.35. The van der Waals surface area contributed by atoms with Gasteiger partial charge in [-0.1, -0.05) is 17.4 Å². The van der Waals surface area contributed by atoms with Crippen LogP contribution in [0.25, 0.3) is 10.2 Å². The highest BCUT2D eigenvalue weighted by atomic mass is 32.1. The number of esters is 1. The van der Waals surface area contributed by atoms with Gasteiger partial charge in [0.1, 0.15) is 5.82 Å². The number of halogens is 1. The lowest BCUT2D eigenvalue weighted by Gasteiger charge is -2.05. The van der Waals surface area contributed by atoms with E-state index in [1.165, 1.54) is 34.8 Å². The van der Waals surface area contributed by atoms with Crippen LogP contribution in [0.2, 0.25) is 0 Å². The molecule has 0 N–H and O–H groups in total. The molecule has 0 aliphatic rings. The van der Waals surface area contributed by atoms with Crippen molar-refractivity contribution in [1.29, 1.82) is 0 Å². The van der Waals surface area contributed by atoms with Crippen LogP contribution in [0.3, 0.4) is 0 Å². The van der Waals surface area contributed by atoms with Gasteiger partial charge in [0.05, 0.1) is 28.1 Å². The molecule has 8 heteroatoms. The number of aryl methyl sites for hydroxylation is 1. The summed E-state index contributed by atoms with van der Waals surface area (Å²) in [5.41, 5.74) is 0.730. The molecule has 0 fully saturated rings. The number of thiazole rings is 1. The van der Waals surface area contributed by atoms with Crippen LogP contribution in [-0.2, 0) is 16.1 Å². The molecule has 0 unspecified atom stereocenters. The number of rotatable bonds is 5. The molecule has 0 atom stereocenters. The van der Waals surface area contributed by atoms with E-state index < -0.39 is 0 Å². The summed E-state index contributed by atoms with van der Waals surface area (Å²) in [6.45, 7) is 2.36. The molecule has 130 valence electrons. The molecule has 2 heterocycles. The number of hydrogen-bond acceptors (Lipinski definition) is 5. The van der Waals surface area contributed by atoms with Gasteiger partial charge in [-0.2, -0.15) is 4.99 Å². The summed E-state index contributed by atoms with van der Waals surface area (Å²) in [5, 5.41) is 1.80. The van der Waals surface area contributed by atoms with Crippen molar-refractivity contribution >= 4 is 44.8 Å². The number of fused-ring (bicyclic) bond motifs is 1. The molecule has 3 aromatic rings. The zero-order valence-electron chi connectivity index (χ0n) is 13.4. The fraction of sp³-hybridized carbons (Fsp3) is 0.235. The molecule has 0 saturated carbocycles. The predicted octanol–water partition coefficient (Wildman–Crippen LogP) is 3.60. The second-order valence-electron chi connectivity index (χ2n) is 5.10. The summed E-state index contributed by atoms with van der Waals surface area (Å²) in [6.07, 6.45) is 0.150. The maximum atomic E-state index is 13.5. The molecule has 0 saturated heterocycles. The predicted molar refractivity (Wildman–Crippen MR) is 95.2 cm³/mol. The molecular weight excluding hydrogens is 363 g/mol. The maximum Gasteiger partial charge on any atom is 0.307 e. The molecule has 0 spiro atoms. The Morgan fingerprint density at radius 2 is 2.16 bits per heavy atom. The molecular formula is C17H15FN2O3S2. The number of carbonyl (C=O) groups is 2. The zero-order chi connectivity index (χ0) is 17.8. The number of amides is 1. The van der Waals surface area contributed by atoms with Crippen molar-refractivity contribution < 1.29 is 18.7 Å². The molecule has 2 aromatic heterocycles. The molecule has 0 radical (unpaired) electrons. The van der Waals surface area contributed by atoms with E-state index in [9.17, 15) is 14.0 Å². The van der Waals surface area contributed by atoms with E-state index in [2.05, 4.69) is 4.99 Å². The largest absolute Gasteiger partial charge is 0.466 e. The van der Waals surface area contributed by atoms with Gasteiger partial charge in [-0.15, -0.1) is 11.3 Å². The van der Waals surface area contributed by atoms with Crippen molar-refractivity contribution in [3.63, 3.8) is 0 Å². The van der Waals surface area contributed by atoms with Gasteiger partial charge in [0, 0.05) is 6.54 Å². The summed E-state index contributed by atoms with van der Waals surface area (Å²) >= 11 is 2.52. The number of hydrogen-bond donors (Lipinski definition) is 0. The summed E-state index contributed by atoms with van der Waals surface area (Å²) in [5.74, 6) is -1.04. The number of thiophene rings is 1. The quantitative estimate of drug-likeness (QED) is 0.638. The highest BCUT2D eigenvalue weighted by Crippen LogP contribution is 2.19. The average molecular weight is 378 g/mol. The Morgan fingerprint density at radius 3 is 2.88 bits per heavy atom. The lowest BCUT2D eigenvalue weighted by atomic mass is 10.3. The summed E-state index contributed by atoms with van der Waals surface area (Å²) in [7, 11) is 0. The molecule has 1 amide bonds. The first kappa shape index (κ1) is 17.5. The van der Waals surface area contributed by atoms with Crippen molar-refractivity contribution in [3.05, 3.63) is 51.2 Å². The summed E-state index contributed by atoms with van der Waals surface area (Å²) < 4.78 is 20.9. The molecule has 5 nitrogen and oxygen atoms in total. The molecule has 0 bridgehead atoms. The molecule has 3 rings (SSSR count). The molecule has 1 aromatic carbocycles. The highest BCUT2D eigenvalue weighted by Gasteiger charge is 2.12.